The van der Waals surface area contributed by atoms with Crippen molar-refractivity contribution < 1.29 is 0 Å². The Morgan fingerprint density at radius 2 is 1.44 bits per heavy atom. The molecule has 0 aliphatic carbocycles. The van der Waals surface area contributed by atoms with Gasteiger partial charge in [0.1, 0.15) is 0 Å². The molecule has 0 atom stereocenters. The fourth-order valence-corrected chi connectivity index (χ4v) is 2.44. The van der Waals surface area contributed by atoms with Crippen molar-refractivity contribution in [2.75, 3.05) is 0 Å². The quantitative estimate of drug-likeness (QED) is 0.524. The van der Waals surface area contributed by atoms with E-state index in [0.29, 0.717) is 10.0 Å². The zero-order valence-corrected chi connectivity index (χ0v) is 11.0. The third kappa shape index (κ3) is 1.98. The van der Waals surface area contributed by atoms with Crippen molar-refractivity contribution in [3.63, 3.8) is 0 Å². The summed E-state index contributed by atoms with van der Waals surface area (Å²) in [4.78, 5) is 0. The summed E-state index contributed by atoms with van der Waals surface area (Å²) in [5.41, 5.74) is 2.26. The van der Waals surface area contributed by atoms with E-state index in [1.807, 2.05) is 30.3 Å². The van der Waals surface area contributed by atoms with Crippen molar-refractivity contribution in [3.8, 4) is 11.1 Å². The molecule has 2 heteroatoms. The molecule has 0 aliphatic heterocycles. The van der Waals surface area contributed by atoms with Crippen LogP contribution in [-0.4, -0.2) is 0 Å². The van der Waals surface area contributed by atoms with Crippen LogP contribution in [0.4, 0.5) is 0 Å². The van der Waals surface area contributed by atoms with E-state index < -0.39 is 0 Å². The molecule has 3 aromatic carbocycles. The Labute approximate surface area is 116 Å². The van der Waals surface area contributed by atoms with Gasteiger partial charge in [0.2, 0.25) is 0 Å². The van der Waals surface area contributed by atoms with Crippen molar-refractivity contribution >= 4 is 34.0 Å². The van der Waals surface area contributed by atoms with Gasteiger partial charge in [-0.3, -0.25) is 0 Å². The lowest BCUT2D eigenvalue weighted by molar-refractivity contribution is 1.65. The number of halogens is 2. The third-order valence-corrected chi connectivity index (χ3v) is 3.76. The predicted octanol–water partition coefficient (Wildman–Crippen LogP) is 5.81. The maximum atomic E-state index is 6.08. The van der Waals surface area contributed by atoms with E-state index >= 15 is 0 Å². The molecular formula is C16H10Cl2. The first-order chi connectivity index (χ1) is 8.75. The summed E-state index contributed by atoms with van der Waals surface area (Å²) in [5, 5.41) is 3.61. The smallest absolute Gasteiger partial charge is 0.0598 e. The van der Waals surface area contributed by atoms with Gasteiger partial charge in [-0.2, -0.15) is 0 Å². The maximum absolute atomic E-state index is 6.08. The first kappa shape index (κ1) is 11.6. The SMILES string of the molecule is Clc1ccc(-c2cccc3ccccc23)cc1Cl. The second-order valence-corrected chi connectivity index (χ2v) is 4.97. The maximum Gasteiger partial charge on any atom is 0.0598 e. The summed E-state index contributed by atoms with van der Waals surface area (Å²) < 4.78 is 0. The fourth-order valence-electron chi connectivity index (χ4n) is 2.14. The van der Waals surface area contributed by atoms with E-state index in [-0.39, 0.29) is 0 Å². The normalized spacial score (nSPS) is 10.8. The van der Waals surface area contributed by atoms with Crippen LogP contribution < -0.4 is 0 Å². The monoisotopic (exact) mass is 272 g/mol. The van der Waals surface area contributed by atoms with Crippen molar-refractivity contribution in [2.24, 2.45) is 0 Å². The van der Waals surface area contributed by atoms with Crippen molar-refractivity contribution in [1.29, 1.82) is 0 Å². The van der Waals surface area contributed by atoms with E-state index in [9.17, 15) is 0 Å². The molecule has 0 saturated carbocycles. The Hall–Kier alpha value is -1.50. The van der Waals surface area contributed by atoms with Gasteiger partial charge in [0, 0.05) is 0 Å². The molecule has 88 valence electrons. The average molecular weight is 273 g/mol. The molecule has 0 N–H and O–H groups in total. The van der Waals surface area contributed by atoms with Crippen LogP contribution in [0.15, 0.2) is 60.7 Å². The standard InChI is InChI=1S/C16H10Cl2/c17-15-9-8-12(10-16(15)18)14-7-3-5-11-4-1-2-6-13(11)14/h1-10H. The topological polar surface area (TPSA) is 0 Å². The summed E-state index contributed by atoms with van der Waals surface area (Å²) in [5.74, 6) is 0. The van der Waals surface area contributed by atoms with E-state index in [1.165, 1.54) is 16.3 Å². The lowest BCUT2D eigenvalue weighted by Gasteiger charge is -2.07. The molecule has 0 heterocycles. The Morgan fingerprint density at radius 3 is 2.28 bits per heavy atom. The van der Waals surface area contributed by atoms with Crippen LogP contribution in [0.5, 0.6) is 0 Å². The molecule has 18 heavy (non-hydrogen) atoms. The minimum absolute atomic E-state index is 0.584. The van der Waals surface area contributed by atoms with E-state index in [1.54, 1.807) is 0 Å². The van der Waals surface area contributed by atoms with Crippen LogP contribution in [0, 0.1) is 0 Å². The summed E-state index contributed by atoms with van der Waals surface area (Å²) in [6.45, 7) is 0. The highest BCUT2D eigenvalue weighted by Crippen LogP contribution is 2.32. The van der Waals surface area contributed by atoms with Crippen LogP contribution in [-0.2, 0) is 0 Å². The minimum Gasteiger partial charge on any atom is -0.0827 e. The van der Waals surface area contributed by atoms with Gasteiger partial charge in [-0.05, 0) is 34.0 Å². The zero-order chi connectivity index (χ0) is 12.5. The van der Waals surface area contributed by atoms with Crippen LogP contribution in [0.2, 0.25) is 10.0 Å². The summed E-state index contributed by atoms with van der Waals surface area (Å²) >= 11 is 12.0. The van der Waals surface area contributed by atoms with Gasteiger partial charge in [0.15, 0.2) is 0 Å². The first-order valence-corrected chi connectivity index (χ1v) is 6.44. The number of hydrogen-bond donors (Lipinski definition) is 0. The molecule has 0 fully saturated rings. The van der Waals surface area contributed by atoms with Gasteiger partial charge in [-0.25, -0.2) is 0 Å². The fraction of sp³-hybridized carbons (Fsp3) is 0. The molecule has 0 radical (unpaired) electrons. The number of rotatable bonds is 1. The molecule has 0 unspecified atom stereocenters. The largest absolute Gasteiger partial charge is 0.0827 e. The van der Waals surface area contributed by atoms with Crippen molar-refractivity contribution in [2.45, 2.75) is 0 Å². The Bertz CT molecular complexity index is 712. The van der Waals surface area contributed by atoms with Crippen LogP contribution in [0.25, 0.3) is 21.9 Å². The van der Waals surface area contributed by atoms with Gasteiger partial charge >= 0.3 is 0 Å². The Kier molecular flexibility index (Phi) is 2.99. The van der Waals surface area contributed by atoms with Crippen molar-refractivity contribution in [1.82, 2.24) is 0 Å². The van der Waals surface area contributed by atoms with Crippen LogP contribution in [0.1, 0.15) is 0 Å². The number of hydrogen-bond acceptors (Lipinski definition) is 0. The second kappa shape index (κ2) is 4.64. The van der Waals surface area contributed by atoms with Gasteiger partial charge in [-0.15, -0.1) is 0 Å². The second-order valence-electron chi connectivity index (χ2n) is 4.16. The predicted molar refractivity (Wildman–Crippen MR) is 79.4 cm³/mol. The zero-order valence-electron chi connectivity index (χ0n) is 9.53. The lowest BCUT2D eigenvalue weighted by atomic mass is 9.98. The third-order valence-electron chi connectivity index (χ3n) is 3.02. The summed E-state index contributed by atoms with van der Waals surface area (Å²) in [7, 11) is 0. The summed E-state index contributed by atoms with van der Waals surface area (Å²) in [6.07, 6.45) is 0. The summed E-state index contributed by atoms with van der Waals surface area (Å²) in [6, 6.07) is 20.3. The molecule has 0 spiro atoms. The van der Waals surface area contributed by atoms with Crippen LogP contribution in [0.3, 0.4) is 0 Å². The lowest BCUT2D eigenvalue weighted by Crippen LogP contribution is -1.81. The molecule has 0 amide bonds. The van der Waals surface area contributed by atoms with Gasteiger partial charge in [-0.1, -0.05) is 71.7 Å². The Morgan fingerprint density at radius 1 is 0.667 bits per heavy atom. The molecule has 0 saturated heterocycles. The number of benzene rings is 3. The van der Waals surface area contributed by atoms with Gasteiger partial charge in [0.05, 0.1) is 10.0 Å². The van der Waals surface area contributed by atoms with Gasteiger partial charge in [0.25, 0.3) is 0 Å². The first-order valence-electron chi connectivity index (χ1n) is 5.69. The number of fused-ring (bicyclic) bond motifs is 1. The highest BCUT2D eigenvalue weighted by atomic mass is 35.5. The highest BCUT2D eigenvalue weighted by Gasteiger charge is 2.05. The average Bonchev–Trinajstić information content (AvgIpc) is 2.41. The van der Waals surface area contributed by atoms with E-state index in [2.05, 4.69) is 30.3 Å². The van der Waals surface area contributed by atoms with E-state index in [0.717, 1.165) is 5.56 Å². The molecule has 3 rings (SSSR count). The molecular weight excluding hydrogens is 263 g/mol. The van der Waals surface area contributed by atoms with Crippen LogP contribution >= 0.6 is 23.2 Å². The molecule has 0 aromatic heterocycles. The minimum atomic E-state index is 0.584. The van der Waals surface area contributed by atoms with Gasteiger partial charge < -0.3 is 0 Å². The molecule has 0 nitrogen and oxygen atoms in total. The Balaban J connectivity index is 2.28. The molecule has 0 bridgehead atoms. The van der Waals surface area contributed by atoms with E-state index in [4.69, 9.17) is 23.2 Å². The molecule has 0 aliphatic rings. The molecule has 3 aromatic rings. The van der Waals surface area contributed by atoms with Crippen molar-refractivity contribution in [3.05, 3.63) is 70.7 Å². The highest BCUT2D eigenvalue weighted by molar-refractivity contribution is 6.42.